The predicted octanol–water partition coefficient (Wildman–Crippen LogP) is 3.61. The molecule has 1 rings (SSSR count). The summed E-state index contributed by atoms with van der Waals surface area (Å²) >= 11 is 0. The highest BCUT2D eigenvalue weighted by Gasteiger charge is 2.32. The minimum absolute atomic E-state index is 0.294. The molecule has 0 fully saturated rings. The van der Waals surface area contributed by atoms with E-state index in [0.29, 0.717) is 29.3 Å². The molecule has 0 amide bonds. The van der Waals surface area contributed by atoms with Crippen molar-refractivity contribution in [3.63, 3.8) is 0 Å². The lowest BCUT2D eigenvalue weighted by Gasteiger charge is -2.40. The van der Waals surface area contributed by atoms with E-state index < -0.39 is 0 Å². The third-order valence-corrected chi connectivity index (χ3v) is 3.50. The third-order valence-electron chi connectivity index (χ3n) is 3.50. The average molecular weight is 209 g/mol. The molecule has 0 aliphatic carbocycles. The molecule has 1 heteroatoms. The Hall–Kier alpha value is -0.300. The molecule has 1 nitrogen and oxygen atoms in total. The van der Waals surface area contributed by atoms with E-state index in [4.69, 9.17) is 0 Å². The fourth-order valence-electron chi connectivity index (χ4n) is 2.76. The minimum atomic E-state index is 0.294. The Morgan fingerprint density at radius 3 is 2.13 bits per heavy atom. The van der Waals surface area contributed by atoms with Gasteiger partial charge in [0.05, 0.1) is 0 Å². The number of rotatable bonds is 1. The predicted molar refractivity (Wildman–Crippen MR) is 67.9 cm³/mol. The summed E-state index contributed by atoms with van der Waals surface area (Å²) in [6.07, 6.45) is 2.49. The summed E-state index contributed by atoms with van der Waals surface area (Å²) in [5, 5.41) is 3.75. The van der Waals surface area contributed by atoms with Gasteiger partial charge in [0.25, 0.3) is 0 Å². The van der Waals surface area contributed by atoms with Crippen molar-refractivity contribution in [3.05, 3.63) is 11.6 Å². The Balaban J connectivity index is 2.91. The average Bonchev–Trinajstić information content (AvgIpc) is 2.06. The van der Waals surface area contributed by atoms with Gasteiger partial charge in [-0.1, -0.05) is 53.2 Å². The standard InChI is InChI=1S/C14H27N/c1-9(2)13-10(3)8-12(11(4)15-13)14(5,6)7/h8-11,13,15H,1-7H3/t10-,11-,13+/m0/s1. The van der Waals surface area contributed by atoms with Crippen molar-refractivity contribution < 1.29 is 0 Å². The lowest BCUT2D eigenvalue weighted by molar-refractivity contribution is 0.277. The zero-order valence-corrected chi connectivity index (χ0v) is 11.4. The maximum absolute atomic E-state index is 3.75. The van der Waals surface area contributed by atoms with Crippen LogP contribution in [0.25, 0.3) is 0 Å². The van der Waals surface area contributed by atoms with Crippen molar-refractivity contribution in [3.8, 4) is 0 Å². The van der Waals surface area contributed by atoms with Gasteiger partial charge in [0.15, 0.2) is 0 Å². The van der Waals surface area contributed by atoms with Crippen LogP contribution in [0.15, 0.2) is 11.6 Å². The van der Waals surface area contributed by atoms with Crippen LogP contribution in [0.5, 0.6) is 0 Å². The van der Waals surface area contributed by atoms with E-state index in [0.717, 1.165) is 0 Å². The molecule has 15 heavy (non-hydrogen) atoms. The molecule has 0 radical (unpaired) electrons. The number of hydrogen-bond acceptors (Lipinski definition) is 1. The summed E-state index contributed by atoms with van der Waals surface area (Å²) < 4.78 is 0. The van der Waals surface area contributed by atoms with E-state index in [1.807, 2.05) is 0 Å². The van der Waals surface area contributed by atoms with Gasteiger partial charge < -0.3 is 5.32 Å². The fourth-order valence-corrected chi connectivity index (χ4v) is 2.76. The van der Waals surface area contributed by atoms with Crippen LogP contribution in [0.4, 0.5) is 0 Å². The molecule has 0 bridgehead atoms. The van der Waals surface area contributed by atoms with Gasteiger partial charge in [0, 0.05) is 12.1 Å². The van der Waals surface area contributed by atoms with Crippen LogP contribution in [-0.4, -0.2) is 12.1 Å². The van der Waals surface area contributed by atoms with E-state index in [2.05, 4.69) is 59.9 Å². The summed E-state index contributed by atoms with van der Waals surface area (Å²) in [5.41, 5.74) is 1.86. The van der Waals surface area contributed by atoms with Gasteiger partial charge in [-0.3, -0.25) is 0 Å². The van der Waals surface area contributed by atoms with Crippen LogP contribution < -0.4 is 5.32 Å². The highest BCUT2D eigenvalue weighted by Crippen LogP contribution is 2.34. The zero-order valence-electron chi connectivity index (χ0n) is 11.4. The summed E-state index contributed by atoms with van der Waals surface area (Å²) in [6.45, 7) is 16.1. The van der Waals surface area contributed by atoms with Crippen LogP contribution in [-0.2, 0) is 0 Å². The summed E-state index contributed by atoms with van der Waals surface area (Å²) in [7, 11) is 0. The van der Waals surface area contributed by atoms with Crippen molar-refractivity contribution in [1.82, 2.24) is 5.32 Å². The topological polar surface area (TPSA) is 12.0 Å². The SMILES string of the molecule is CC(C)[C@H]1N[C@@H](C)C(C(C)(C)C)=C[C@@H]1C. The molecule has 1 aliphatic rings. The van der Waals surface area contributed by atoms with Crippen molar-refractivity contribution in [2.45, 2.75) is 60.5 Å². The third kappa shape index (κ3) is 2.84. The van der Waals surface area contributed by atoms with E-state index >= 15 is 0 Å². The summed E-state index contributed by atoms with van der Waals surface area (Å²) in [4.78, 5) is 0. The van der Waals surface area contributed by atoms with Crippen molar-refractivity contribution in [2.75, 3.05) is 0 Å². The molecule has 0 saturated carbocycles. The van der Waals surface area contributed by atoms with Gasteiger partial charge >= 0.3 is 0 Å². The van der Waals surface area contributed by atoms with E-state index in [1.54, 1.807) is 5.57 Å². The van der Waals surface area contributed by atoms with Gasteiger partial charge in [-0.15, -0.1) is 0 Å². The van der Waals surface area contributed by atoms with Gasteiger partial charge in [-0.2, -0.15) is 0 Å². The fraction of sp³-hybridized carbons (Fsp3) is 0.857. The molecule has 0 aromatic carbocycles. The molecule has 3 atom stereocenters. The van der Waals surface area contributed by atoms with Gasteiger partial charge in [-0.05, 0) is 24.2 Å². The molecule has 1 heterocycles. The van der Waals surface area contributed by atoms with E-state index in [1.165, 1.54) is 0 Å². The second kappa shape index (κ2) is 4.29. The first-order valence-electron chi connectivity index (χ1n) is 6.21. The second-order valence-electron chi connectivity index (χ2n) is 6.39. The molecule has 0 aromatic rings. The summed E-state index contributed by atoms with van der Waals surface area (Å²) in [5.74, 6) is 1.36. The Kier molecular flexibility index (Phi) is 3.65. The molecule has 1 aliphatic heterocycles. The Morgan fingerprint density at radius 1 is 1.20 bits per heavy atom. The Bertz CT molecular complexity index is 245. The normalized spacial score (nSPS) is 33.1. The maximum atomic E-state index is 3.75. The van der Waals surface area contributed by atoms with Gasteiger partial charge in [-0.25, -0.2) is 0 Å². The largest absolute Gasteiger partial charge is 0.307 e. The smallest absolute Gasteiger partial charge is 0.0259 e. The van der Waals surface area contributed by atoms with Crippen molar-refractivity contribution in [2.24, 2.45) is 17.3 Å². The highest BCUT2D eigenvalue weighted by atomic mass is 15.0. The summed E-state index contributed by atoms with van der Waals surface area (Å²) in [6, 6.07) is 1.15. The van der Waals surface area contributed by atoms with Crippen LogP contribution in [0.3, 0.4) is 0 Å². The lowest BCUT2D eigenvalue weighted by atomic mass is 9.75. The number of hydrogen-bond donors (Lipinski definition) is 1. The first kappa shape index (κ1) is 12.8. The van der Waals surface area contributed by atoms with Crippen molar-refractivity contribution in [1.29, 1.82) is 0 Å². The molecule has 0 spiro atoms. The first-order chi connectivity index (χ1) is 6.73. The van der Waals surface area contributed by atoms with Crippen molar-refractivity contribution >= 4 is 0 Å². The molecule has 0 unspecified atom stereocenters. The molecule has 88 valence electrons. The maximum Gasteiger partial charge on any atom is 0.0259 e. The Labute approximate surface area is 95.3 Å². The van der Waals surface area contributed by atoms with Crippen LogP contribution >= 0.6 is 0 Å². The quantitative estimate of drug-likeness (QED) is 0.651. The van der Waals surface area contributed by atoms with E-state index in [9.17, 15) is 0 Å². The highest BCUT2D eigenvalue weighted by molar-refractivity contribution is 5.22. The van der Waals surface area contributed by atoms with Crippen LogP contribution in [0.1, 0.15) is 48.5 Å². The molecular formula is C14H27N. The first-order valence-corrected chi connectivity index (χ1v) is 6.21. The minimum Gasteiger partial charge on any atom is -0.307 e. The van der Waals surface area contributed by atoms with E-state index in [-0.39, 0.29) is 0 Å². The molecule has 1 N–H and O–H groups in total. The van der Waals surface area contributed by atoms with Gasteiger partial charge in [0.1, 0.15) is 0 Å². The number of nitrogens with one attached hydrogen (secondary N) is 1. The van der Waals surface area contributed by atoms with Gasteiger partial charge in [0.2, 0.25) is 0 Å². The van der Waals surface area contributed by atoms with Crippen LogP contribution in [0.2, 0.25) is 0 Å². The lowest BCUT2D eigenvalue weighted by Crippen LogP contribution is -2.49. The molecular weight excluding hydrogens is 182 g/mol. The Morgan fingerprint density at radius 2 is 1.73 bits per heavy atom. The molecule has 0 saturated heterocycles. The van der Waals surface area contributed by atoms with Crippen LogP contribution in [0, 0.1) is 17.3 Å². The molecule has 0 aromatic heterocycles. The zero-order chi connectivity index (χ0) is 11.8. The second-order valence-corrected chi connectivity index (χ2v) is 6.39. The monoisotopic (exact) mass is 209 g/mol.